The molecule has 0 bridgehead atoms. The molecule has 7 nitrogen and oxygen atoms in total. The maximum Gasteiger partial charge on any atom is 0.240 e. The number of rotatable bonds is 7. The standard InChI is InChI=1S/C12H17N5O2S/c1-13-10-11-2-4-12(5-3-11)20(18,19)15-7-9-17-8-6-14-16-17/h2-6,8,13,15H,7,9-10H2,1H3. The van der Waals surface area contributed by atoms with Crippen LogP contribution in [0.15, 0.2) is 41.6 Å². The van der Waals surface area contributed by atoms with Crippen LogP contribution >= 0.6 is 0 Å². The third-order valence-electron chi connectivity index (χ3n) is 2.72. The third-order valence-corrected chi connectivity index (χ3v) is 4.20. The monoisotopic (exact) mass is 295 g/mol. The first-order valence-electron chi connectivity index (χ1n) is 6.19. The van der Waals surface area contributed by atoms with Gasteiger partial charge in [0.1, 0.15) is 0 Å². The minimum Gasteiger partial charge on any atom is -0.316 e. The first-order valence-corrected chi connectivity index (χ1v) is 7.67. The van der Waals surface area contributed by atoms with Gasteiger partial charge in [0.05, 0.1) is 17.6 Å². The fourth-order valence-corrected chi connectivity index (χ4v) is 2.74. The van der Waals surface area contributed by atoms with Crippen molar-refractivity contribution in [1.29, 1.82) is 0 Å². The Morgan fingerprint density at radius 1 is 1.25 bits per heavy atom. The topological polar surface area (TPSA) is 88.9 Å². The summed E-state index contributed by atoms with van der Waals surface area (Å²) < 4.78 is 28.2. The van der Waals surface area contributed by atoms with Gasteiger partial charge in [0.15, 0.2) is 0 Å². The van der Waals surface area contributed by atoms with Crippen molar-refractivity contribution in [1.82, 2.24) is 25.0 Å². The van der Waals surface area contributed by atoms with Gasteiger partial charge in [-0.1, -0.05) is 17.3 Å². The normalized spacial score (nSPS) is 11.7. The van der Waals surface area contributed by atoms with E-state index in [1.807, 2.05) is 7.05 Å². The maximum absolute atomic E-state index is 12.1. The smallest absolute Gasteiger partial charge is 0.240 e. The summed E-state index contributed by atoms with van der Waals surface area (Å²) in [6, 6.07) is 6.79. The SMILES string of the molecule is CNCc1ccc(S(=O)(=O)NCCn2ccnn2)cc1. The number of hydrogen-bond donors (Lipinski definition) is 2. The maximum atomic E-state index is 12.1. The molecular weight excluding hydrogens is 278 g/mol. The van der Waals surface area contributed by atoms with Crippen LogP contribution in [-0.4, -0.2) is 37.0 Å². The fourth-order valence-electron chi connectivity index (χ4n) is 1.72. The van der Waals surface area contributed by atoms with E-state index >= 15 is 0 Å². The van der Waals surface area contributed by atoms with E-state index in [1.165, 1.54) is 0 Å². The molecule has 1 aromatic heterocycles. The average Bonchev–Trinajstić information content (AvgIpc) is 2.93. The zero-order chi connectivity index (χ0) is 14.4. The van der Waals surface area contributed by atoms with Crippen LogP contribution < -0.4 is 10.0 Å². The summed E-state index contributed by atoms with van der Waals surface area (Å²) >= 11 is 0. The Morgan fingerprint density at radius 2 is 2.00 bits per heavy atom. The Bertz CT molecular complexity index is 622. The lowest BCUT2D eigenvalue weighted by Gasteiger charge is -2.07. The molecule has 0 aliphatic carbocycles. The highest BCUT2D eigenvalue weighted by Gasteiger charge is 2.12. The van der Waals surface area contributed by atoms with Gasteiger partial charge >= 0.3 is 0 Å². The highest BCUT2D eigenvalue weighted by Crippen LogP contribution is 2.10. The van der Waals surface area contributed by atoms with Gasteiger partial charge in [-0.2, -0.15) is 0 Å². The summed E-state index contributed by atoms with van der Waals surface area (Å²) in [5, 5.41) is 10.4. The summed E-state index contributed by atoms with van der Waals surface area (Å²) in [6.07, 6.45) is 3.23. The highest BCUT2D eigenvalue weighted by atomic mass is 32.2. The van der Waals surface area contributed by atoms with E-state index in [-0.39, 0.29) is 11.4 Å². The van der Waals surface area contributed by atoms with Crippen LogP contribution in [0.2, 0.25) is 0 Å². The molecule has 0 spiro atoms. The first-order chi connectivity index (χ1) is 9.62. The Hall–Kier alpha value is -1.77. The van der Waals surface area contributed by atoms with Crippen molar-refractivity contribution < 1.29 is 8.42 Å². The van der Waals surface area contributed by atoms with Crippen LogP contribution in [0.25, 0.3) is 0 Å². The van der Waals surface area contributed by atoms with Gasteiger partial charge in [-0.3, -0.25) is 4.68 Å². The van der Waals surface area contributed by atoms with Gasteiger partial charge < -0.3 is 5.32 Å². The van der Waals surface area contributed by atoms with Gasteiger partial charge in [-0.25, -0.2) is 13.1 Å². The first kappa shape index (κ1) is 14.6. The lowest BCUT2D eigenvalue weighted by atomic mass is 10.2. The molecule has 0 atom stereocenters. The molecule has 0 saturated heterocycles. The number of nitrogens with one attached hydrogen (secondary N) is 2. The minimum atomic E-state index is -3.48. The Morgan fingerprint density at radius 3 is 2.60 bits per heavy atom. The third kappa shape index (κ3) is 3.86. The Kier molecular flexibility index (Phi) is 4.83. The van der Waals surface area contributed by atoms with E-state index in [4.69, 9.17) is 0 Å². The van der Waals surface area contributed by atoms with Gasteiger partial charge in [-0.15, -0.1) is 5.10 Å². The summed E-state index contributed by atoms with van der Waals surface area (Å²) in [6.45, 7) is 1.42. The molecule has 0 amide bonds. The molecule has 8 heteroatoms. The molecule has 0 saturated carbocycles. The largest absolute Gasteiger partial charge is 0.316 e. The molecule has 2 N–H and O–H groups in total. The van der Waals surface area contributed by atoms with Crippen molar-refractivity contribution in [3.05, 3.63) is 42.2 Å². The number of benzene rings is 1. The van der Waals surface area contributed by atoms with Gasteiger partial charge in [-0.05, 0) is 24.7 Å². The van der Waals surface area contributed by atoms with Crippen molar-refractivity contribution in [2.45, 2.75) is 18.0 Å². The van der Waals surface area contributed by atoms with E-state index in [2.05, 4.69) is 20.4 Å². The molecule has 0 aliphatic heterocycles. The second-order valence-corrected chi connectivity index (χ2v) is 6.01. The molecule has 1 aromatic carbocycles. The number of hydrogen-bond acceptors (Lipinski definition) is 5. The summed E-state index contributed by atoms with van der Waals surface area (Å²) in [5.74, 6) is 0. The molecule has 108 valence electrons. The van der Waals surface area contributed by atoms with E-state index < -0.39 is 10.0 Å². The predicted octanol–water partition coefficient (Wildman–Crippen LogP) is -0.0240. The summed E-state index contributed by atoms with van der Waals surface area (Å²) in [7, 11) is -1.63. The quantitative estimate of drug-likeness (QED) is 0.749. The van der Waals surface area contributed by atoms with E-state index in [1.54, 1.807) is 41.3 Å². The second-order valence-electron chi connectivity index (χ2n) is 4.24. The Labute approximate surface area is 118 Å². The molecule has 2 aromatic rings. The van der Waals surface area contributed by atoms with Crippen LogP contribution in [0.5, 0.6) is 0 Å². The van der Waals surface area contributed by atoms with Crippen LogP contribution in [0.4, 0.5) is 0 Å². The molecule has 0 unspecified atom stereocenters. The molecule has 1 heterocycles. The van der Waals surface area contributed by atoms with E-state index in [0.29, 0.717) is 13.1 Å². The summed E-state index contributed by atoms with van der Waals surface area (Å²) in [5.41, 5.74) is 1.04. The summed E-state index contributed by atoms with van der Waals surface area (Å²) in [4.78, 5) is 0.260. The van der Waals surface area contributed by atoms with Crippen LogP contribution in [0.1, 0.15) is 5.56 Å². The Balaban J connectivity index is 1.95. The van der Waals surface area contributed by atoms with Crippen molar-refractivity contribution >= 4 is 10.0 Å². The fraction of sp³-hybridized carbons (Fsp3) is 0.333. The van der Waals surface area contributed by atoms with Gasteiger partial charge in [0.25, 0.3) is 0 Å². The van der Waals surface area contributed by atoms with Crippen molar-refractivity contribution in [2.75, 3.05) is 13.6 Å². The van der Waals surface area contributed by atoms with Crippen LogP contribution in [0.3, 0.4) is 0 Å². The highest BCUT2D eigenvalue weighted by molar-refractivity contribution is 7.89. The molecule has 0 aliphatic rings. The zero-order valence-corrected chi connectivity index (χ0v) is 12.0. The second kappa shape index (κ2) is 6.60. The van der Waals surface area contributed by atoms with Crippen molar-refractivity contribution in [3.8, 4) is 0 Å². The lowest BCUT2D eigenvalue weighted by Crippen LogP contribution is -2.27. The van der Waals surface area contributed by atoms with Gasteiger partial charge in [0, 0.05) is 19.3 Å². The van der Waals surface area contributed by atoms with Crippen molar-refractivity contribution in [3.63, 3.8) is 0 Å². The van der Waals surface area contributed by atoms with Crippen molar-refractivity contribution in [2.24, 2.45) is 0 Å². The molecular formula is C12H17N5O2S. The lowest BCUT2D eigenvalue weighted by molar-refractivity contribution is 0.553. The van der Waals surface area contributed by atoms with E-state index in [9.17, 15) is 8.42 Å². The molecule has 0 radical (unpaired) electrons. The number of aromatic nitrogens is 3. The number of nitrogens with zero attached hydrogens (tertiary/aromatic N) is 3. The molecule has 2 rings (SSSR count). The number of sulfonamides is 1. The minimum absolute atomic E-state index is 0.260. The molecule has 20 heavy (non-hydrogen) atoms. The van der Waals surface area contributed by atoms with E-state index in [0.717, 1.165) is 5.56 Å². The average molecular weight is 295 g/mol. The van der Waals surface area contributed by atoms with Crippen LogP contribution in [0, 0.1) is 0 Å². The van der Waals surface area contributed by atoms with Gasteiger partial charge in [0.2, 0.25) is 10.0 Å². The van der Waals surface area contributed by atoms with Crippen LogP contribution in [-0.2, 0) is 23.1 Å². The molecule has 0 fully saturated rings. The predicted molar refractivity (Wildman–Crippen MR) is 74.4 cm³/mol. The zero-order valence-electron chi connectivity index (χ0n) is 11.2.